The average molecular weight is 693 g/mol. The van der Waals surface area contributed by atoms with Gasteiger partial charge in [0, 0.05) is 46.1 Å². The fourth-order valence-electron chi connectivity index (χ4n) is 8.67. The van der Waals surface area contributed by atoms with Crippen LogP contribution < -0.4 is 4.74 Å². The van der Waals surface area contributed by atoms with Gasteiger partial charge in [-0.25, -0.2) is 0 Å². The molecule has 0 N–H and O–H groups in total. The van der Waals surface area contributed by atoms with Crippen LogP contribution in [0.2, 0.25) is 0 Å². The summed E-state index contributed by atoms with van der Waals surface area (Å²) in [5, 5.41) is 6.66. The van der Waals surface area contributed by atoms with Crippen LogP contribution in [0.5, 0.6) is 5.75 Å². The normalized spacial score (nSPS) is 14.3. The zero-order chi connectivity index (χ0) is 35.9. The van der Waals surface area contributed by atoms with Crippen LogP contribution in [0.3, 0.4) is 0 Å². The van der Waals surface area contributed by atoms with Gasteiger partial charge in [-0.05, 0) is 81.1 Å². The molecule has 2 heterocycles. The van der Waals surface area contributed by atoms with Crippen molar-refractivity contribution in [3.63, 3.8) is 0 Å². The molecule has 4 amide bonds. The van der Waals surface area contributed by atoms with Crippen LogP contribution in [-0.2, 0) is 6.42 Å². The van der Waals surface area contributed by atoms with E-state index in [1.54, 1.807) is 7.11 Å². The second kappa shape index (κ2) is 14.0. The number of rotatable bonds is 15. The van der Waals surface area contributed by atoms with Crippen LogP contribution >= 0.6 is 0 Å². The summed E-state index contributed by atoms with van der Waals surface area (Å²) < 4.78 is 5.50. The molecule has 0 radical (unpaired) electrons. The second-order valence-corrected chi connectivity index (χ2v) is 14.4. The first-order valence-corrected chi connectivity index (χ1v) is 19.0. The Bertz CT molecular complexity index is 2270. The number of benzene rings is 6. The van der Waals surface area contributed by atoms with Crippen molar-refractivity contribution in [2.24, 2.45) is 0 Å². The number of hydrogen-bond acceptors (Lipinski definition) is 5. The Morgan fingerprint density at radius 1 is 0.462 bits per heavy atom. The number of methoxy groups -OCH3 is 1. The molecule has 8 rings (SSSR count). The molecular weight excluding hydrogens is 649 g/mol. The maximum atomic E-state index is 14.0. The van der Waals surface area contributed by atoms with Crippen LogP contribution in [0.25, 0.3) is 43.1 Å². The van der Waals surface area contributed by atoms with Gasteiger partial charge in [0.15, 0.2) is 0 Å². The van der Waals surface area contributed by atoms with Crippen LogP contribution in [0.4, 0.5) is 0 Å². The van der Waals surface area contributed by atoms with Gasteiger partial charge in [-0.3, -0.25) is 29.0 Å². The van der Waals surface area contributed by atoms with Crippen LogP contribution in [0.1, 0.15) is 118 Å². The number of para-hydroxylation sites is 1. The third-order valence-corrected chi connectivity index (χ3v) is 11.3. The van der Waals surface area contributed by atoms with Crippen molar-refractivity contribution >= 4 is 66.7 Å². The van der Waals surface area contributed by atoms with Crippen molar-refractivity contribution < 1.29 is 23.9 Å². The van der Waals surface area contributed by atoms with Crippen molar-refractivity contribution in [2.45, 2.75) is 77.6 Å². The third-order valence-electron chi connectivity index (χ3n) is 11.3. The van der Waals surface area contributed by atoms with E-state index in [-0.39, 0.29) is 30.2 Å². The predicted molar refractivity (Wildman–Crippen MR) is 207 cm³/mol. The summed E-state index contributed by atoms with van der Waals surface area (Å²) in [6.45, 7) is 2.89. The molecule has 7 heteroatoms. The summed E-state index contributed by atoms with van der Waals surface area (Å²) >= 11 is 0. The van der Waals surface area contributed by atoms with Gasteiger partial charge in [-0.15, -0.1) is 0 Å². The SMILES string of the molecule is CCCCCCCCCCCCN1C(=O)c2ccc3c4ccc5c6c(ccc(c7ccc(c2c37)C1=O)c64)C(=O)N(CCc1ccccc1OC)C5=O. The molecule has 264 valence electrons. The van der Waals surface area contributed by atoms with E-state index in [0.717, 1.165) is 62.9 Å². The number of hydrogen-bond donors (Lipinski definition) is 0. The minimum atomic E-state index is -0.314. The van der Waals surface area contributed by atoms with E-state index in [9.17, 15) is 19.2 Å². The number of fused-ring (bicyclic) bond motifs is 2. The van der Waals surface area contributed by atoms with Crippen LogP contribution in [0, 0.1) is 0 Å². The van der Waals surface area contributed by atoms with E-state index in [2.05, 4.69) is 6.92 Å². The zero-order valence-corrected chi connectivity index (χ0v) is 30.1. The quantitative estimate of drug-likeness (QED) is 0.0463. The lowest BCUT2D eigenvalue weighted by Gasteiger charge is -2.30. The lowest BCUT2D eigenvalue weighted by atomic mass is 9.82. The van der Waals surface area contributed by atoms with Gasteiger partial charge < -0.3 is 4.74 Å². The maximum absolute atomic E-state index is 14.0. The lowest BCUT2D eigenvalue weighted by Crippen LogP contribution is -2.41. The van der Waals surface area contributed by atoms with E-state index >= 15 is 0 Å². The van der Waals surface area contributed by atoms with Gasteiger partial charge in [0.1, 0.15) is 5.75 Å². The molecule has 2 aliphatic heterocycles. The van der Waals surface area contributed by atoms with E-state index in [1.165, 1.54) is 54.7 Å². The number of carbonyl (C=O) groups is 4. The first-order chi connectivity index (χ1) is 25.4. The third kappa shape index (κ3) is 5.49. The molecule has 0 saturated carbocycles. The minimum absolute atomic E-state index is 0.231. The van der Waals surface area contributed by atoms with Crippen molar-refractivity contribution in [1.82, 2.24) is 9.80 Å². The zero-order valence-electron chi connectivity index (χ0n) is 30.1. The molecule has 0 spiro atoms. The van der Waals surface area contributed by atoms with Gasteiger partial charge in [-0.1, -0.05) is 107 Å². The summed E-state index contributed by atoms with van der Waals surface area (Å²) in [7, 11) is 1.61. The summed E-state index contributed by atoms with van der Waals surface area (Å²) in [4.78, 5) is 58.5. The molecule has 0 atom stereocenters. The largest absolute Gasteiger partial charge is 0.496 e. The first-order valence-electron chi connectivity index (χ1n) is 19.0. The standard InChI is InChI=1S/C45H44N2O5/c1-3-4-5-6-7-8-9-10-11-14-26-46-42(48)33-21-17-29-31-19-23-35-41-36(45(51)47(44(35)50)27-25-28-15-12-13-16-37(28)52-2)24-20-32(39(31)41)30-18-22-34(43(46)49)40(33)38(29)30/h12-13,15-24H,3-11,14,25-27H2,1-2H3. The number of unbranched alkanes of at least 4 members (excludes halogenated alkanes) is 9. The first kappa shape index (κ1) is 33.8. The highest BCUT2D eigenvalue weighted by Gasteiger charge is 2.36. The molecule has 2 aliphatic rings. The summed E-state index contributed by atoms with van der Waals surface area (Å²) in [5.41, 5.74) is 3.02. The monoisotopic (exact) mass is 692 g/mol. The molecule has 0 aliphatic carbocycles. The van der Waals surface area contributed by atoms with Gasteiger partial charge >= 0.3 is 0 Å². The van der Waals surface area contributed by atoms with Gasteiger partial charge in [0.05, 0.1) is 7.11 Å². The lowest BCUT2D eigenvalue weighted by molar-refractivity contribution is 0.0594. The predicted octanol–water partition coefficient (Wildman–Crippen LogP) is 10.1. The molecule has 7 nitrogen and oxygen atoms in total. The fraction of sp³-hybridized carbons (Fsp3) is 0.333. The molecule has 0 saturated heterocycles. The molecule has 6 aromatic rings. The van der Waals surface area contributed by atoms with Crippen LogP contribution in [-0.4, -0.2) is 53.6 Å². The molecule has 6 aromatic carbocycles. The second-order valence-electron chi connectivity index (χ2n) is 14.4. The molecule has 0 bridgehead atoms. The Balaban J connectivity index is 1.09. The van der Waals surface area contributed by atoms with Crippen LogP contribution in [0.15, 0.2) is 72.8 Å². The van der Waals surface area contributed by atoms with Gasteiger partial charge in [0.25, 0.3) is 23.6 Å². The molecule has 52 heavy (non-hydrogen) atoms. The smallest absolute Gasteiger partial charge is 0.261 e. The Labute approximate surface area is 303 Å². The summed E-state index contributed by atoms with van der Waals surface area (Å²) in [6.07, 6.45) is 12.4. The Morgan fingerprint density at radius 2 is 0.865 bits per heavy atom. The highest BCUT2D eigenvalue weighted by Crippen LogP contribution is 2.46. The van der Waals surface area contributed by atoms with E-state index < -0.39 is 0 Å². The Kier molecular flexibility index (Phi) is 9.12. The van der Waals surface area contributed by atoms with Crippen molar-refractivity contribution in [3.8, 4) is 5.75 Å². The Morgan fingerprint density at radius 3 is 1.31 bits per heavy atom. The number of amides is 4. The van der Waals surface area contributed by atoms with Crippen molar-refractivity contribution in [3.05, 3.63) is 101 Å². The Hall–Kier alpha value is -5.30. The van der Waals surface area contributed by atoms with Gasteiger partial charge in [-0.2, -0.15) is 0 Å². The van der Waals surface area contributed by atoms with E-state index in [4.69, 9.17) is 4.74 Å². The number of imide groups is 2. The van der Waals surface area contributed by atoms with Crippen molar-refractivity contribution in [1.29, 1.82) is 0 Å². The highest BCUT2D eigenvalue weighted by atomic mass is 16.5. The maximum Gasteiger partial charge on any atom is 0.261 e. The highest BCUT2D eigenvalue weighted by molar-refractivity contribution is 6.41. The topological polar surface area (TPSA) is 84.0 Å². The number of carbonyl (C=O) groups excluding carboxylic acids is 4. The number of ether oxygens (including phenoxy) is 1. The number of nitrogens with zero attached hydrogens (tertiary/aromatic N) is 2. The van der Waals surface area contributed by atoms with Crippen molar-refractivity contribution in [2.75, 3.05) is 20.2 Å². The van der Waals surface area contributed by atoms with E-state index in [1.807, 2.05) is 72.8 Å². The average Bonchev–Trinajstić information content (AvgIpc) is 3.17. The molecular formula is C45H44N2O5. The van der Waals surface area contributed by atoms with Gasteiger partial charge in [0.2, 0.25) is 0 Å². The summed E-state index contributed by atoms with van der Waals surface area (Å²) in [6, 6.07) is 22.8. The molecule has 0 unspecified atom stereocenters. The van der Waals surface area contributed by atoms with E-state index in [0.29, 0.717) is 46.0 Å². The fourth-order valence-corrected chi connectivity index (χ4v) is 8.67. The summed E-state index contributed by atoms with van der Waals surface area (Å²) in [5.74, 6) is -0.380. The minimum Gasteiger partial charge on any atom is -0.496 e. The molecule has 0 fully saturated rings. The molecule has 0 aromatic heterocycles.